The Kier molecular flexibility index (Phi) is 4.49. The van der Waals surface area contributed by atoms with Crippen molar-refractivity contribution in [3.8, 4) is 0 Å². The first-order valence-corrected chi connectivity index (χ1v) is 6.96. The number of pyridine rings is 1. The topological polar surface area (TPSA) is 45.1 Å². The van der Waals surface area contributed by atoms with Crippen molar-refractivity contribution >= 4 is 23.2 Å². The van der Waals surface area contributed by atoms with Crippen molar-refractivity contribution in [3.05, 3.63) is 28.0 Å². The average molecular weight is 289 g/mol. The molecule has 1 heterocycles. The lowest BCUT2D eigenvalue weighted by atomic mass is 10.1. The highest BCUT2D eigenvalue weighted by Gasteiger charge is 2.39. The van der Waals surface area contributed by atoms with Crippen LogP contribution in [-0.2, 0) is 0 Å². The number of halogens is 2. The summed E-state index contributed by atoms with van der Waals surface area (Å²) in [6.07, 6.45) is 3.49. The molecule has 1 aromatic rings. The van der Waals surface area contributed by atoms with E-state index in [1.165, 1.54) is 18.8 Å². The average Bonchev–Trinajstić information content (AvgIpc) is 3.05. The van der Waals surface area contributed by atoms with Crippen LogP contribution in [0.2, 0.25) is 10.0 Å². The van der Waals surface area contributed by atoms with Crippen LogP contribution in [0.3, 0.4) is 0 Å². The molecule has 1 aliphatic rings. The van der Waals surface area contributed by atoms with Crippen molar-refractivity contribution < 1.29 is 5.11 Å². The molecule has 0 bridgehead atoms. The Bertz CT molecular complexity index is 405. The largest absolute Gasteiger partial charge is 0.387 e. The molecule has 1 aliphatic carbocycles. The first-order chi connectivity index (χ1) is 8.50. The minimum atomic E-state index is -0.693. The predicted octanol–water partition coefficient (Wildman–Crippen LogP) is 3.06. The Hall–Kier alpha value is -0.350. The van der Waals surface area contributed by atoms with Gasteiger partial charge in [-0.05, 0) is 18.3 Å². The number of hydrogen-bond donors (Lipinski definition) is 2. The summed E-state index contributed by atoms with van der Waals surface area (Å²) in [4.78, 5) is 3.87. The number of nitrogens with zero attached hydrogens (tertiary/aromatic N) is 1. The van der Waals surface area contributed by atoms with E-state index >= 15 is 0 Å². The van der Waals surface area contributed by atoms with E-state index in [2.05, 4.69) is 24.1 Å². The zero-order valence-electron chi connectivity index (χ0n) is 10.5. The second kappa shape index (κ2) is 5.74. The first kappa shape index (κ1) is 14.1. The molecular formula is C13H18Cl2N2O. The molecule has 18 heavy (non-hydrogen) atoms. The molecule has 100 valence electrons. The summed E-state index contributed by atoms with van der Waals surface area (Å²) >= 11 is 12.0. The van der Waals surface area contributed by atoms with Gasteiger partial charge in [0.05, 0.1) is 16.1 Å². The number of aromatic nitrogens is 1. The van der Waals surface area contributed by atoms with E-state index in [4.69, 9.17) is 23.2 Å². The van der Waals surface area contributed by atoms with Crippen LogP contribution in [0.15, 0.2) is 12.4 Å². The van der Waals surface area contributed by atoms with Gasteiger partial charge in [-0.1, -0.05) is 37.0 Å². The fraction of sp³-hybridized carbons (Fsp3) is 0.615. The van der Waals surface area contributed by atoms with E-state index in [1.807, 2.05) is 0 Å². The van der Waals surface area contributed by atoms with Gasteiger partial charge < -0.3 is 10.4 Å². The van der Waals surface area contributed by atoms with Gasteiger partial charge in [0.15, 0.2) is 0 Å². The fourth-order valence-corrected chi connectivity index (χ4v) is 2.91. The molecule has 3 nitrogen and oxygen atoms in total. The molecule has 1 fully saturated rings. The Labute approximate surface area is 118 Å². The molecule has 0 aliphatic heterocycles. The number of aliphatic hydroxyl groups is 1. The minimum Gasteiger partial charge on any atom is -0.387 e. The Morgan fingerprint density at radius 1 is 1.39 bits per heavy atom. The second-order valence-electron chi connectivity index (χ2n) is 5.19. The van der Waals surface area contributed by atoms with Crippen LogP contribution in [0, 0.1) is 11.8 Å². The van der Waals surface area contributed by atoms with Gasteiger partial charge in [0.25, 0.3) is 0 Å². The van der Waals surface area contributed by atoms with Crippen LogP contribution in [0.4, 0.5) is 0 Å². The third-order valence-corrected chi connectivity index (χ3v) is 4.10. The number of nitrogens with one attached hydrogen (secondary N) is 1. The van der Waals surface area contributed by atoms with Crippen molar-refractivity contribution in [1.29, 1.82) is 0 Å². The number of hydrogen-bond acceptors (Lipinski definition) is 3. The van der Waals surface area contributed by atoms with Gasteiger partial charge in [0, 0.05) is 30.5 Å². The van der Waals surface area contributed by atoms with Crippen LogP contribution in [0.1, 0.15) is 31.9 Å². The molecular weight excluding hydrogens is 271 g/mol. The lowest BCUT2D eigenvalue weighted by molar-refractivity contribution is 0.173. The van der Waals surface area contributed by atoms with Crippen LogP contribution >= 0.6 is 23.2 Å². The quantitative estimate of drug-likeness (QED) is 0.875. The Morgan fingerprint density at radius 3 is 2.50 bits per heavy atom. The molecule has 1 unspecified atom stereocenters. The van der Waals surface area contributed by atoms with Crippen LogP contribution in [0.25, 0.3) is 0 Å². The third-order valence-electron chi connectivity index (χ3n) is 3.49. The first-order valence-electron chi connectivity index (χ1n) is 6.21. The van der Waals surface area contributed by atoms with Crippen LogP contribution < -0.4 is 5.32 Å². The van der Waals surface area contributed by atoms with Gasteiger partial charge in [-0.15, -0.1) is 0 Å². The zero-order valence-corrected chi connectivity index (χ0v) is 12.0. The highest BCUT2D eigenvalue weighted by atomic mass is 35.5. The molecule has 2 N–H and O–H groups in total. The zero-order chi connectivity index (χ0) is 13.3. The minimum absolute atomic E-state index is 0.410. The number of rotatable bonds is 5. The maximum absolute atomic E-state index is 10.1. The monoisotopic (exact) mass is 288 g/mol. The molecule has 0 aromatic carbocycles. The van der Waals surface area contributed by atoms with E-state index in [0.717, 1.165) is 5.92 Å². The van der Waals surface area contributed by atoms with Crippen LogP contribution in [0.5, 0.6) is 0 Å². The van der Waals surface area contributed by atoms with Crippen molar-refractivity contribution in [2.24, 2.45) is 11.8 Å². The standard InChI is InChI=1S/C13H18Cl2N2O/c1-7(2)8-3-11(8)17-6-12(18)13-9(14)4-16-5-10(13)15/h4-5,7-8,11-12,17-18H,3,6H2,1-2H3/t8-,11-,12?/m0/s1. The lowest BCUT2D eigenvalue weighted by Crippen LogP contribution is -2.25. The summed E-state index contributed by atoms with van der Waals surface area (Å²) in [5.41, 5.74) is 0.558. The molecule has 1 saturated carbocycles. The molecule has 0 amide bonds. The Balaban J connectivity index is 1.91. The predicted molar refractivity (Wildman–Crippen MR) is 74.0 cm³/mol. The second-order valence-corrected chi connectivity index (χ2v) is 6.01. The summed E-state index contributed by atoms with van der Waals surface area (Å²) in [6, 6.07) is 0.513. The Morgan fingerprint density at radius 2 is 2.00 bits per heavy atom. The number of aliphatic hydroxyl groups excluding tert-OH is 1. The van der Waals surface area contributed by atoms with Gasteiger partial charge >= 0.3 is 0 Å². The van der Waals surface area contributed by atoms with Crippen molar-refractivity contribution in [3.63, 3.8) is 0 Å². The van der Waals surface area contributed by atoms with Gasteiger partial charge in [0.2, 0.25) is 0 Å². The highest BCUT2D eigenvalue weighted by molar-refractivity contribution is 6.35. The normalized spacial score (nSPS) is 24.3. The van der Waals surface area contributed by atoms with Gasteiger partial charge in [-0.2, -0.15) is 0 Å². The molecule has 0 spiro atoms. The molecule has 3 atom stereocenters. The summed E-state index contributed by atoms with van der Waals surface area (Å²) in [5, 5.41) is 14.3. The van der Waals surface area contributed by atoms with Gasteiger partial charge in [0.1, 0.15) is 0 Å². The smallest absolute Gasteiger partial charge is 0.0944 e. The highest BCUT2D eigenvalue weighted by Crippen LogP contribution is 2.37. The maximum Gasteiger partial charge on any atom is 0.0944 e. The lowest BCUT2D eigenvalue weighted by Gasteiger charge is -2.15. The van der Waals surface area contributed by atoms with E-state index < -0.39 is 6.10 Å². The van der Waals surface area contributed by atoms with Crippen molar-refractivity contribution in [1.82, 2.24) is 10.3 Å². The maximum atomic E-state index is 10.1. The summed E-state index contributed by atoms with van der Waals surface area (Å²) in [6.45, 7) is 4.91. The van der Waals surface area contributed by atoms with Crippen LogP contribution in [-0.4, -0.2) is 22.7 Å². The summed E-state index contributed by atoms with van der Waals surface area (Å²) in [7, 11) is 0. The summed E-state index contributed by atoms with van der Waals surface area (Å²) < 4.78 is 0. The van der Waals surface area contributed by atoms with Gasteiger partial charge in [-0.25, -0.2) is 0 Å². The van der Waals surface area contributed by atoms with E-state index in [1.54, 1.807) is 0 Å². The van der Waals surface area contributed by atoms with Crippen molar-refractivity contribution in [2.45, 2.75) is 32.4 Å². The van der Waals surface area contributed by atoms with E-state index in [9.17, 15) is 5.11 Å². The van der Waals surface area contributed by atoms with E-state index in [-0.39, 0.29) is 0 Å². The van der Waals surface area contributed by atoms with Gasteiger partial charge in [-0.3, -0.25) is 4.98 Å². The summed E-state index contributed by atoms with van der Waals surface area (Å²) in [5.74, 6) is 1.41. The van der Waals surface area contributed by atoms with Crippen molar-refractivity contribution in [2.75, 3.05) is 6.54 Å². The fourth-order valence-electron chi connectivity index (χ4n) is 2.29. The third kappa shape index (κ3) is 3.15. The molecule has 0 saturated heterocycles. The molecule has 5 heteroatoms. The molecule has 2 rings (SSSR count). The van der Waals surface area contributed by atoms with E-state index in [0.29, 0.717) is 34.1 Å². The molecule has 0 radical (unpaired) electrons. The molecule has 1 aromatic heterocycles. The SMILES string of the molecule is CC(C)[C@@H]1C[C@@H]1NCC(O)c1c(Cl)cncc1Cl.